The fraction of sp³-hybridized carbons (Fsp3) is 0.692. The number of hydroxylamine groups is 2. The Morgan fingerprint density at radius 1 is 1.55 bits per heavy atom. The molecule has 1 aromatic heterocycles. The Hall–Kier alpha value is -1.04. The van der Waals surface area contributed by atoms with E-state index in [4.69, 9.17) is 4.74 Å². The maximum Gasteiger partial charge on any atom is 0.309 e. The van der Waals surface area contributed by atoms with E-state index in [1.165, 1.54) is 11.3 Å². The first-order valence-corrected chi connectivity index (χ1v) is 7.47. The van der Waals surface area contributed by atoms with Gasteiger partial charge in [0.05, 0.1) is 13.2 Å². The summed E-state index contributed by atoms with van der Waals surface area (Å²) in [6.45, 7) is 5.19. The SMILES string of the molecule is CC#CCCCOC1CN(C)C[N+]1([O-])c1nnc(C)s1. The summed E-state index contributed by atoms with van der Waals surface area (Å²) in [4.78, 5) is 1.97. The van der Waals surface area contributed by atoms with Crippen molar-refractivity contribution in [3.63, 3.8) is 0 Å². The normalized spacial score (nSPS) is 26.5. The van der Waals surface area contributed by atoms with Gasteiger partial charge < -0.3 is 9.94 Å². The van der Waals surface area contributed by atoms with Crippen LogP contribution in [0, 0.1) is 24.0 Å². The molecule has 1 aliphatic rings. The molecule has 0 spiro atoms. The van der Waals surface area contributed by atoms with Crippen molar-refractivity contribution >= 4 is 16.5 Å². The summed E-state index contributed by atoms with van der Waals surface area (Å²) >= 11 is 1.35. The second-order valence-corrected chi connectivity index (χ2v) is 6.10. The van der Waals surface area contributed by atoms with Crippen molar-refractivity contribution in [3.8, 4) is 11.8 Å². The highest BCUT2D eigenvalue weighted by Gasteiger charge is 2.43. The number of aryl methyl sites for hydroxylation is 1. The van der Waals surface area contributed by atoms with Crippen LogP contribution in [0.5, 0.6) is 0 Å². The Bertz CT molecular complexity index is 510. The van der Waals surface area contributed by atoms with Gasteiger partial charge in [-0.25, -0.2) is 0 Å². The van der Waals surface area contributed by atoms with Crippen molar-refractivity contribution < 1.29 is 4.74 Å². The molecule has 0 amide bonds. The Labute approximate surface area is 123 Å². The third-order valence-corrected chi connectivity index (χ3v) is 4.11. The van der Waals surface area contributed by atoms with Crippen LogP contribution in [-0.4, -0.2) is 48.2 Å². The van der Waals surface area contributed by atoms with Gasteiger partial charge in [-0.15, -0.1) is 16.9 Å². The molecule has 6 nitrogen and oxygen atoms in total. The lowest BCUT2D eigenvalue weighted by Gasteiger charge is -2.38. The van der Waals surface area contributed by atoms with E-state index in [1.807, 2.05) is 25.8 Å². The Kier molecular flexibility index (Phi) is 5.07. The highest BCUT2D eigenvalue weighted by molar-refractivity contribution is 7.15. The third-order valence-electron chi connectivity index (χ3n) is 3.16. The third kappa shape index (κ3) is 3.34. The maximum absolute atomic E-state index is 13.0. The largest absolute Gasteiger partial charge is 0.623 e. The van der Waals surface area contributed by atoms with E-state index in [-0.39, 0.29) is 0 Å². The van der Waals surface area contributed by atoms with Crippen LogP contribution < -0.4 is 4.65 Å². The fourth-order valence-corrected chi connectivity index (χ4v) is 2.96. The molecular weight excluding hydrogens is 276 g/mol. The van der Waals surface area contributed by atoms with Gasteiger partial charge in [0.1, 0.15) is 11.7 Å². The molecule has 1 saturated heterocycles. The minimum atomic E-state index is -0.554. The second-order valence-electron chi connectivity index (χ2n) is 4.94. The zero-order valence-corrected chi connectivity index (χ0v) is 12.9. The van der Waals surface area contributed by atoms with E-state index >= 15 is 0 Å². The number of hydrogen-bond donors (Lipinski definition) is 0. The average Bonchev–Trinajstić information content (AvgIpc) is 2.95. The minimum Gasteiger partial charge on any atom is -0.623 e. The molecule has 0 aromatic carbocycles. The first-order chi connectivity index (χ1) is 9.56. The van der Waals surface area contributed by atoms with Crippen LogP contribution in [0.1, 0.15) is 24.8 Å². The molecule has 2 rings (SSSR count). The lowest BCUT2D eigenvalue weighted by atomic mass is 10.3. The number of hydrogen-bond acceptors (Lipinski definition) is 6. The van der Waals surface area contributed by atoms with Crippen LogP contribution in [0.2, 0.25) is 0 Å². The van der Waals surface area contributed by atoms with Crippen molar-refractivity contribution in [2.75, 3.05) is 26.9 Å². The zero-order chi connectivity index (χ0) is 14.6. The van der Waals surface area contributed by atoms with Crippen molar-refractivity contribution in [3.05, 3.63) is 10.2 Å². The van der Waals surface area contributed by atoms with E-state index in [0.29, 0.717) is 25.0 Å². The van der Waals surface area contributed by atoms with Crippen molar-refractivity contribution in [1.29, 1.82) is 0 Å². The molecule has 2 heterocycles. The number of rotatable bonds is 5. The van der Waals surface area contributed by atoms with Gasteiger partial charge in [0.25, 0.3) is 0 Å². The fourth-order valence-electron chi connectivity index (χ4n) is 2.21. The van der Waals surface area contributed by atoms with E-state index in [2.05, 4.69) is 22.0 Å². The summed E-state index contributed by atoms with van der Waals surface area (Å²) in [6, 6.07) is 0. The topological polar surface area (TPSA) is 61.3 Å². The monoisotopic (exact) mass is 296 g/mol. The molecular formula is C13H20N4O2S. The highest BCUT2D eigenvalue weighted by Crippen LogP contribution is 2.33. The van der Waals surface area contributed by atoms with Crippen LogP contribution >= 0.6 is 11.3 Å². The van der Waals surface area contributed by atoms with Crippen LogP contribution in [0.3, 0.4) is 0 Å². The van der Waals surface area contributed by atoms with Gasteiger partial charge >= 0.3 is 5.13 Å². The van der Waals surface area contributed by atoms with Gasteiger partial charge in [-0.1, -0.05) is 5.10 Å². The summed E-state index contributed by atoms with van der Waals surface area (Å²) in [7, 11) is 1.92. The molecule has 2 atom stereocenters. The van der Waals surface area contributed by atoms with Gasteiger partial charge in [-0.3, -0.25) is 9.55 Å². The summed E-state index contributed by atoms with van der Waals surface area (Å²) < 4.78 is 5.23. The average molecular weight is 296 g/mol. The number of likely N-dealkylation sites (N-methyl/N-ethyl adjacent to an activating group) is 1. The second kappa shape index (κ2) is 6.61. The number of nitrogens with zero attached hydrogens (tertiary/aromatic N) is 4. The van der Waals surface area contributed by atoms with Crippen molar-refractivity contribution in [2.24, 2.45) is 0 Å². The molecule has 1 aliphatic heterocycles. The van der Waals surface area contributed by atoms with Crippen LogP contribution in [-0.2, 0) is 4.74 Å². The van der Waals surface area contributed by atoms with Crippen LogP contribution in [0.4, 0.5) is 5.13 Å². The standard InChI is InChI=1S/C13H20N4O2S/c1-4-5-6-7-8-19-12-9-16(3)10-17(12,18)13-15-14-11(2)20-13/h12H,6-10H2,1-3H3. The molecule has 0 bridgehead atoms. The molecule has 2 unspecified atom stereocenters. The smallest absolute Gasteiger partial charge is 0.309 e. The van der Waals surface area contributed by atoms with Gasteiger partial charge in [0, 0.05) is 6.42 Å². The maximum atomic E-state index is 13.0. The van der Waals surface area contributed by atoms with Gasteiger partial charge in [-0.05, 0) is 38.7 Å². The van der Waals surface area contributed by atoms with Crippen LogP contribution in [0.25, 0.3) is 0 Å². The van der Waals surface area contributed by atoms with E-state index in [1.54, 1.807) is 0 Å². The van der Waals surface area contributed by atoms with Crippen molar-refractivity contribution in [2.45, 2.75) is 32.9 Å². The van der Waals surface area contributed by atoms with E-state index in [0.717, 1.165) is 17.8 Å². The molecule has 110 valence electrons. The predicted octanol–water partition coefficient (Wildman–Crippen LogP) is 1.70. The van der Waals surface area contributed by atoms with E-state index in [9.17, 15) is 5.21 Å². The first kappa shape index (κ1) is 15.4. The molecule has 0 aliphatic carbocycles. The Balaban J connectivity index is 2.00. The van der Waals surface area contributed by atoms with Gasteiger partial charge in [-0.2, -0.15) is 0 Å². The van der Waals surface area contributed by atoms with Crippen molar-refractivity contribution in [1.82, 2.24) is 19.7 Å². The zero-order valence-electron chi connectivity index (χ0n) is 12.1. The highest BCUT2D eigenvalue weighted by atomic mass is 32.1. The van der Waals surface area contributed by atoms with Gasteiger partial charge in [0.15, 0.2) is 0 Å². The number of unbranched alkanes of at least 4 members (excludes halogenated alkanes) is 1. The quantitative estimate of drug-likeness (QED) is 0.358. The summed E-state index contributed by atoms with van der Waals surface area (Å²) in [5.41, 5.74) is 0. The lowest BCUT2D eigenvalue weighted by molar-refractivity contribution is -0.00432. The first-order valence-electron chi connectivity index (χ1n) is 6.65. The minimum absolute atomic E-state index is 0.355. The number of quaternary nitrogens is 1. The number of aromatic nitrogens is 2. The summed E-state index contributed by atoms with van der Waals surface area (Å²) in [6.07, 6.45) is 1.22. The van der Waals surface area contributed by atoms with E-state index < -0.39 is 10.9 Å². The molecule has 1 fully saturated rings. The summed E-state index contributed by atoms with van der Waals surface area (Å²) in [5.74, 6) is 5.85. The predicted molar refractivity (Wildman–Crippen MR) is 79.7 cm³/mol. The Morgan fingerprint density at radius 3 is 3.00 bits per heavy atom. The lowest BCUT2D eigenvalue weighted by Crippen LogP contribution is -2.50. The Morgan fingerprint density at radius 2 is 2.35 bits per heavy atom. The molecule has 0 N–H and O–H groups in total. The molecule has 20 heavy (non-hydrogen) atoms. The van der Waals surface area contributed by atoms with Crippen LogP contribution in [0.15, 0.2) is 0 Å². The molecule has 0 saturated carbocycles. The molecule has 7 heteroatoms. The summed E-state index contributed by atoms with van der Waals surface area (Å²) in [5, 5.41) is 22.3. The molecule has 0 radical (unpaired) electrons. The van der Waals surface area contributed by atoms with Gasteiger partial charge in [0.2, 0.25) is 6.23 Å². The molecule has 1 aromatic rings. The number of ether oxygens (including phenoxy) is 1.